The minimum Gasteiger partial charge on any atom is -0.382 e. The summed E-state index contributed by atoms with van der Waals surface area (Å²) < 4.78 is 44.3. The van der Waals surface area contributed by atoms with E-state index in [2.05, 4.69) is 10.1 Å². The van der Waals surface area contributed by atoms with Crippen molar-refractivity contribution in [1.82, 2.24) is 19.7 Å². The van der Waals surface area contributed by atoms with Crippen LogP contribution in [-0.2, 0) is 18.0 Å². The number of likely N-dealkylation sites (N-methyl/N-ethyl adjacent to an activating group) is 1. The van der Waals surface area contributed by atoms with E-state index < -0.39 is 23.8 Å². The Morgan fingerprint density at radius 2 is 2.12 bits per heavy atom. The van der Waals surface area contributed by atoms with Crippen LogP contribution in [0.25, 0.3) is 0 Å². The van der Waals surface area contributed by atoms with Crippen molar-refractivity contribution in [3.8, 4) is 0 Å². The second kappa shape index (κ2) is 7.00. The zero-order chi connectivity index (χ0) is 17.9. The summed E-state index contributed by atoms with van der Waals surface area (Å²) in [6, 6.07) is 5.41. The van der Waals surface area contributed by atoms with Crippen LogP contribution in [0.15, 0.2) is 30.5 Å². The van der Waals surface area contributed by atoms with Gasteiger partial charge in [-0.1, -0.05) is 6.07 Å². The fourth-order valence-electron chi connectivity index (χ4n) is 2.25. The smallest absolute Gasteiger partial charge is 0.382 e. The molecular formula is C15H17F3N4O2. The summed E-state index contributed by atoms with van der Waals surface area (Å²) in [4.78, 5) is 18.1. The number of hydrogen-bond acceptors (Lipinski definition) is 4. The molecule has 0 bridgehead atoms. The SMILES string of the molecule is COC[C@H](c1ccccn1)N(C)C(=O)c1cc(C(F)(F)F)nn1C. The molecule has 0 aromatic carbocycles. The third kappa shape index (κ3) is 3.73. The number of carbonyl (C=O) groups is 1. The first-order valence-corrected chi connectivity index (χ1v) is 7.04. The molecule has 2 aromatic heterocycles. The molecule has 0 aliphatic heterocycles. The maximum atomic E-state index is 12.8. The van der Waals surface area contributed by atoms with Crippen LogP contribution < -0.4 is 0 Å². The molecule has 0 unspecified atom stereocenters. The van der Waals surface area contributed by atoms with Gasteiger partial charge in [-0.3, -0.25) is 14.5 Å². The summed E-state index contributed by atoms with van der Waals surface area (Å²) in [5.74, 6) is -0.604. The third-order valence-corrected chi connectivity index (χ3v) is 3.53. The van der Waals surface area contributed by atoms with Crippen LogP contribution in [0.5, 0.6) is 0 Å². The molecule has 9 heteroatoms. The molecule has 0 aliphatic carbocycles. The van der Waals surface area contributed by atoms with Crippen LogP contribution in [0.1, 0.15) is 27.9 Å². The van der Waals surface area contributed by atoms with E-state index in [4.69, 9.17) is 4.74 Å². The number of ether oxygens (including phenoxy) is 1. The van der Waals surface area contributed by atoms with Crippen molar-refractivity contribution in [2.24, 2.45) is 7.05 Å². The highest BCUT2D eigenvalue weighted by atomic mass is 19.4. The molecule has 6 nitrogen and oxygen atoms in total. The van der Waals surface area contributed by atoms with Gasteiger partial charge in [-0.25, -0.2) is 0 Å². The van der Waals surface area contributed by atoms with Gasteiger partial charge in [0, 0.05) is 33.5 Å². The fourth-order valence-corrected chi connectivity index (χ4v) is 2.25. The van der Waals surface area contributed by atoms with Gasteiger partial charge < -0.3 is 9.64 Å². The summed E-state index contributed by atoms with van der Waals surface area (Å²) in [6.45, 7) is 0.156. The Balaban J connectivity index is 2.32. The lowest BCUT2D eigenvalue weighted by Gasteiger charge is -2.27. The molecule has 1 amide bonds. The molecule has 0 saturated carbocycles. The lowest BCUT2D eigenvalue weighted by atomic mass is 10.1. The Morgan fingerprint density at radius 1 is 1.42 bits per heavy atom. The van der Waals surface area contributed by atoms with Crippen molar-refractivity contribution in [1.29, 1.82) is 0 Å². The van der Waals surface area contributed by atoms with Crippen molar-refractivity contribution >= 4 is 5.91 Å². The standard InChI is InChI=1S/C15H17F3N4O2/c1-21(12(9-24-3)10-6-4-5-7-19-10)14(23)11-8-13(15(16,17)18)20-22(11)2/h4-8,12H,9H2,1-3H3/t12-/m1/s1. The van der Waals surface area contributed by atoms with Crippen molar-refractivity contribution in [3.05, 3.63) is 47.5 Å². The van der Waals surface area contributed by atoms with Crippen LogP contribution in [0.2, 0.25) is 0 Å². The number of amides is 1. The molecule has 2 heterocycles. The van der Waals surface area contributed by atoms with Crippen molar-refractivity contribution in [3.63, 3.8) is 0 Å². The van der Waals surface area contributed by atoms with Gasteiger partial charge in [0.1, 0.15) is 5.69 Å². The Bertz CT molecular complexity index is 700. The van der Waals surface area contributed by atoms with Gasteiger partial charge in [-0.05, 0) is 12.1 Å². The predicted octanol–water partition coefficient (Wildman–Crippen LogP) is 2.29. The average Bonchev–Trinajstić information content (AvgIpc) is 2.94. The number of aromatic nitrogens is 3. The van der Waals surface area contributed by atoms with Crippen molar-refractivity contribution in [2.45, 2.75) is 12.2 Å². The highest BCUT2D eigenvalue weighted by Gasteiger charge is 2.36. The molecule has 0 spiro atoms. The molecule has 0 N–H and O–H groups in total. The number of pyridine rings is 1. The summed E-state index contributed by atoms with van der Waals surface area (Å²) >= 11 is 0. The molecule has 0 fully saturated rings. The topological polar surface area (TPSA) is 60.2 Å². The normalized spacial score (nSPS) is 12.9. The lowest BCUT2D eigenvalue weighted by Crippen LogP contribution is -2.35. The number of methoxy groups -OCH3 is 1. The first-order valence-electron chi connectivity index (χ1n) is 7.04. The Morgan fingerprint density at radius 3 is 2.62 bits per heavy atom. The van der Waals surface area contributed by atoms with Crippen LogP contribution in [0.4, 0.5) is 13.2 Å². The van der Waals surface area contributed by atoms with Crippen LogP contribution in [0.3, 0.4) is 0 Å². The van der Waals surface area contributed by atoms with E-state index in [0.717, 1.165) is 10.7 Å². The van der Waals surface area contributed by atoms with Crippen LogP contribution in [-0.4, -0.2) is 46.3 Å². The number of hydrogen-bond donors (Lipinski definition) is 0. The molecule has 0 saturated heterocycles. The number of aryl methyl sites for hydroxylation is 1. The zero-order valence-electron chi connectivity index (χ0n) is 13.4. The number of nitrogens with zero attached hydrogens (tertiary/aromatic N) is 4. The summed E-state index contributed by atoms with van der Waals surface area (Å²) in [7, 11) is 4.25. The van der Waals surface area contributed by atoms with Gasteiger partial charge in [-0.2, -0.15) is 18.3 Å². The van der Waals surface area contributed by atoms with Crippen molar-refractivity contribution < 1.29 is 22.7 Å². The van der Waals surface area contributed by atoms with E-state index in [1.165, 1.54) is 26.1 Å². The van der Waals surface area contributed by atoms with Gasteiger partial charge >= 0.3 is 6.18 Å². The van der Waals surface area contributed by atoms with E-state index in [1.54, 1.807) is 24.4 Å². The van der Waals surface area contributed by atoms with Crippen molar-refractivity contribution in [2.75, 3.05) is 20.8 Å². The molecule has 130 valence electrons. The Kier molecular flexibility index (Phi) is 5.23. The zero-order valence-corrected chi connectivity index (χ0v) is 13.4. The summed E-state index contributed by atoms with van der Waals surface area (Å²) in [5, 5.41) is 3.36. The number of carbonyl (C=O) groups excluding carboxylic acids is 1. The summed E-state index contributed by atoms with van der Waals surface area (Å²) in [5.41, 5.74) is -0.696. The van der Waals surface area contributed by atoms with E-state index in [1.807, 2.05) is 0 Å². The highest BCUT2D eigenvalue weighted by molar-refractivity contribution is 5.92. The van der Waals surface area contributed by atoms with Crippen LogP contribution >= 0.6 is 0 Å². The van der Waals surface area contributed by atoms with Gasteiger partial charge in [0.05, 0.1) is 18.3 Å². The largest absolute Gasteiger partial charge is 0.435 e. The third-order valence-electron chi connectivity index (χ3n) is 3.53. The second-order valence-electron chi connectivity index (χ2n) is 5.18. The second-order valence-corrected chi connectivity index (χ2v) is 5.18. The molecular weight excluding hydrogens is 325 g/mol. The highest BCUT2D eigenvalue weighted by Crippen LogP contribution is 2.29. The summed E-state index contributed by atoms with van der Waals surface area (Å²) in [6.07, 6.45) is -3.04. The van der Waals surface area contributed by atoms with Gasteiger partial charge in [-0.15, -0.1) is 0 Å². The maximum absolute atomic E-state index is 12.8. The molecule has 0 aliphatic rings. The molecule has 2 aromatic rings. The van der Waals surface area contributed by atoms with E-state index in [9.17, 15) is 18.0 Å². The number of alkyl halides is 3. The first kappa shape index (κ1) is 17.9. The maximum Gasteiger partial charge on any atom is 0.435 e. The Hall–Kier alpha value is -2.42. The number of rotatable bonds is 5. The lowest BCUT2D eigenvalue weighted by molar-refractivity contribution is -0.141. The van der Waals surface area contributed by atoms with E-state index >= 15 is 0 Å². The van der Waals surface area contributed by atoms with E-state index in [0.29, 0.717) is 5.69 Å². The average molecular weight is 342 g/mol. The van der Waals surface area contributed by atoms with Gasteiger partial charge in [0.2, 0.25) is 0 Å². The minimum absolute atomic E-state index is 0.156. The van der Waals surface area contributed by atoms with Crippen LogP contribution in [0, 0.1) is 0 Å². The van der Waals surface area contributed by atoms with Gasteiger partial charge in [0.25, 0.3) is 5.91 Å². The number of halogens is 3. The monoisotopic (exact) mass is 342 g/mol. The molecule has 2 rings (SSSR count). The predicted molar refractivity (Wildman–Crippen MR) is 79.2 cm³/mol. The molecule has 24 heavy (non-hydrogen) atoms. The van der Waals surface area contributed by atoms with Gasteiger partial charge in [0.15, 0.2) is 5.69 Å². The Labute approximate surface area is 136 Å². The molecule has 1 atom stereocenters. The van der Waals surface area contributed by atoms with E-state index in [-0.39, 0.29) is 12.3 Å². The molecule has 0 radical (unpaired) electrons. The minimum atomic E-state index is -4.61. The quantitative estimate of drug-likeness (QED) is 0.837. The fraction of sp³-hybridized carbons (Fsp3) is 0.400. The first-order chi connectivity index (χ1) is 11.3.